The Hall–Kier alpha value is -1.36. The molecule has 1 rings (SSSR count). The molecule has 0 spiro atoms. The van der Waals surface area contributed by atoms with E-state index in [0.29, 0.717) is 0 Å². The Labute approximate surface area is 75.8 Å². The van der Waals surface area contributed by atoms with Gasteiger partial charge < -0.3 is 15.4 Å². The summed E-state index contributed by atoms with van der Waals surface area (Å²) in [4.78, 5) is 17.5. The summed E-state index contributed by atoms with van der Waals surface area (Å²) in [6, 6.07) is -0.115. The van der Waals surface area contributed by atoms with Gasteiger partial charge in [0.2, 0.25) is 0 Å². The number of aromatic nitrogens is 2. The number of hydrogen-bond donors (Lipinski definition) is 3. The molecule has 0 saturated carbocycles. The first-order chi connectivity index (χ1) is 6.27. The Balaban J connectivity index is 2.73. The fourth-order valence-corrected chi connectivity index (χ4v) is 0.925. The van der Waals surface area contributed by atoms with Crippen molar-refractivity contribution in [2.45, 2.75) is 19.4 Å². The van der Waals surface area contributed by atoms with Gasteiger partial charge in [-0.1, -0.05) is 6.92 Å². The summed E-state index contributed by atoms with van der Waals surface area (Å²) in [7, 11) is 0. The first kappa shape index (κ1) is 9.73. The standard InChI is InChI=1S/C8H13N3O2/c1-2-6(5-12)11-7-8(13)10-4-3-9-7/h3-4,6,12H,2,5H2,1H3,(H,9,11)(H,10,13)/t6-/m0/s1. The third-order valence-electron chi connectivity index (χ3n) is 1.76. The Kier molecular flexibility index (Phi) is 3.45. The molecule has 0 radical (unpaired) electrons. The highest BCUT2D eigenvalue weighted by molar-refractivity contribution is 5.31. The van der Waals surface area contributed by atoms with E-state index in [1.54, 1.807) is 0 Å². The highest BCUT2D eigenvalue weighted by Crippen LogP contribution is 1.98. The van der Waals surface area contributed by atoms with Crippen molar-refractivity contribution >= 4 is 5.82 Å². The molecule has 1 aromatic heterocycles. The van der Waals surface area contributed by atoms with Gasteiger partial charge in [0.05, 0.1) is 12.6 Å². The average Bonchev–Trinajstić information content (AvgIpc) is 2.17. The molecule has 0 aliphatic heterocycles. The number of aliphatic hydroxyl groups is 1. The maximum atomic E-state index is 11.1. The first-order valence-corrected chi connectivity index (χ1v) is 4.19. The highest BCUT2D eigenvalue weighted by atomic mass is 16.3. The topological polar surface area (TPSA) is 78.0 Å². The lowest BCUT2D eigenvalue weighted by atomic mass is 10.2. The number of rotatable bonds is 4. The molecule has 0 bridgehead atoms. The quantitative estimate of drug-likeness (QED) is 0.611. The van der Waals surface area contributed by atoms with Crippen LogP contribution in [0.2, 0.25) is 0 Å². The molecule has 0 aliphatic rings. The lowest BCUT2D eigenvalue weighted by molar-refractivity contribution is 0.271. The second-order valence-electron chi connectivity index (χ2n) is 2.70. The Bertz CT molecular complexity index is 306. The Morgan fingerprint density at radius 3 is 3.08 bits per heavy atom. The number of H-pyrrole nitrogens is 1. The van der Waals surface area contributed by atoms with Gasteiger partial charge in [-0.2, -0.15) is 0 Å². The summed E-state index contributed by atoms with van der Waals surface area (Å²) in [5.74, 6) is 0.253. The van der Waals surface area contributed by atoms with Crippen molar-refractivity contribution < 1.29 is 5.11 Å². The van der Waals surface area contributed by atoms with Crippen LogP contribution in [0.25, 0.3) is 0 Å². The Morgan fingerprint density at radius 2 is 2.54 bits per heavy atom. The van der Waals surface area contributed by atoms with E-state index in [2.05, 4.69) is 15.3 Å². The fraction of sp³-hybridized carbons (Fsp3) is 0.500. The summed E-state index contributed by atoms with van der Waals surface area (Å²) in [5, 5.41) is 11.7. The zero-order valence-electron chi connectivity index (χ0n) is 7.45. The molecule has 1 atom stereocenters. The third kappa shape index (κ3) is 2.55. The van der Waals surface area contributed by atoms with Gasteiger partial charge in [0.15, 0.2) is 5.82 Å². The molecule has 0 unspecified atom stereocenters. The predicted molar refractivity (Wildman–Crippen MR) is 49.6 cm³/mol. The minimum atomic E-state index is -0.269. The smallest absolute Gasteiger partial charge is 0.290 e. The Morgan fingerprint density at radius 1 is 1.77 bits per heavy atom. The highest BCUT2D eigenvalue weighted by Gasteiger charge is 2.06. The van der Waals surface area contributed by atoms with Crippen LogP contribution in [0.5, 0.6) is 0 Å². The van der Waals surface area contributed by atoms with Gasteiger partial charge >= 0.3 is 0 Å². The van der Waals surface area contributed by atoms with Gasteiger partial charge in [-0.3, -0.25) is 4.79 Å². The van der Waals surface area contributed by atoms with Gasteiger partial charge in [-0.25, -0.2) is 4.98 Å². The normalized spacial score (nSPS) is 12.5. The number of hydrogen-bond acceptors (Lipinski definition) is 4. The van der Waals surface area contributed by atoms with Crippen molar-refractivity contribution in [2.75, 3.05) is 11.9 Å². The van der Waals surface area contributed by atoms with Crippen molar-refractivity contribution in [3.05, 3.63) is 22.7 Å². The zero-order chi connectivity index (χ0) is 9.68. The molecule has 0 saturated heterocycles. The van der Waals surface area contributed by atoms with Crippen LogP contribution in [0.15, 0.2) is 17.2 Å². The predicted octanol–water partition coefficient (Wildman–Crippen LogP) is -0.0473. The van der Waals surface area contributed by atoms with E-state index in [4.69, 9.17) is 5.11 Å². The molecule has 3 N–H and O–H groups in total. The van der Waals surface area contributed by atoms with Crippen LogP contribution >= 0.6 is 0 Å². The van der Waals surface area contributed by atoms with Crippen molar-refractivity contribution in [3.8, 4) is 0 Å². The molecular weight excluding hydrogens is 170 g/mol. The lowest BCUT2D eigenvalue weighted by Gasteiger charge is -2.12. The molecule has 0 fully saturated rings. The number of nitrogens with one attached hydrogen (secondary N) is 2. The summed E-state index contributed by atoms with van der Waals surface area (Å²) in [6.07, 6.45) is 3.70. The van der Waals surface area contributed by atoms with E-state index in [1.165, 1.54) is 12.4 Å². The van der Waals surface area contributed by atoms with E-state index in [0.717, 1.165) is 6.42 Å². The van der Waals surface area contributed by atoms with Crippen LogP contribution in [-0.4, -0.2) is 27.7 Å². The van der Waals surface area contributed by atoms with Crippen LogP contribution in [0.3, 0.4) is 0 Å². The van der Waals surface area contributed by atoms with Gasteiger partial charge in [0, 0.05) is 12.4 Å². The fourth-order valence-electron chi connectivity index (χ4n) is 0.925. The summed E-state index contributed by atoms with van der Waals surface area (Å²) < 4.78 is 0. The van der Waals surface area contributed by atoms with Crippen molar-refractivity contribution in [1.29, 1.82) is 0 Å². The molecule has 5 nitrogen and oxygen atoms in total. The molecule has 0 aromatic carbocycles. The van der Waals surface area contributed by atoms with E-state index in [1.807, 2.05) is 6.92 Å². The molecule has 5 heteroatoms. The van der Waals surface area contributed by atoms with Crippen molar-refractivity contribution in [2.24, 2.45) is 0 Å². The van der Waals surface area contributed by atoms with Crippen molar-refractivity contribution in [1.82, 2.24) is 9.97 Å². The van der Waals surface area contributed by atoms with Crippen LogP contribution in [0.1, 0.15) is 13.3 Å². The molecular formula is C8H13N3O2. The molecule has 0 amide bonds. The molecule has 1 heterocycles. The van der Waals surface area contributed by atoms with Gasteiger partial charge in [-0.05, 0) is 6.42 Å². The van der Waals surface area contributed by atoms with E-state index < -0.39 is 0 Å². The number of anilines is 1. The average molecular weight is 183 g/mol. The second-order valence-corrected chi connectivity index (χ2v) is 2.70. The van der Waals surface area contributed by atoms with Crippen LogP contribution < -0.4 is 10.9 Å². The monoisotopic (exact) mass is 183 g/mol. The third-order valence-corrected chi connectivity index (χ3v) is 1.76. The SMILES string of the molecule is CC[C@@H](CO)Nc1ncc[nH]c1=O. The van der Waals surface area contributed by atoms with Gasteiger partial charge in [-0.15, -0.1) is 0 Å². The zero-order valence-corrected chi connectivity index (χ0v) is 7.45. The molecule has 72 valence electrons. The van der Waals surface area contributed by atoms with E-state index in [9.17, 15) is 4.79 Å². The minimum Gasteiger partial charge on any atom is -0.394 e. The molecule has 0 aliphatic carbocycles. The maximum Gasteiger partial charge on any atom is 0.290 e. The summed E-state index contributed by atoms with van der Waals surface area (Å²) >= 11 is 0. The maximum absolute atomic E-state index is 11.1. The van der Waals surface area contributed by atoms with Crippen LogP contribution in [0, 0.1) is 0 Å². The number of nitrogens with zero attached hydrogens (tertiary/aromatic N) is 1. The van der Waals surface area contributed by atoms with Crippen LogP contribution in [0.4, 0.5) is 5.82 Å². The van der Waals surface area contributed by atoms with Crippen molar-refractivity contribution in [3.63, 3.8) is 0 Å². The first-order valence-electron chi connectivity index (χ1n) is 4.19. The van der Waals surface area contributed by atoms with Gasteiger partial charge in [0.25, 0.3) is 5.56 Å². The lowest BCUT2D eigenvalue weighted by Crippen LogP contribution is -2.27. The summed E-state index contributed by atoms with van der Waals surface area (Å²) in [5.41, 5.74) is -0.269. The summed E-state index contributed by atoms with van der Waals surface area (Å²) in [6.45, 7) is 1.91. The van der Waals surface area contributed by atoms with Crippen LogP contribution in [-0.2, 0) is 0 Å². The van der Waals surface area contributed by atoms with E-state index in [-0.39, 0.29) is 24.0 Å². The largest absolute Gasteiger partial charge is 0.394 e. The number of aliphatic hydroxyl groups excluding tert-OH is 1. The van der Waals surface area contributed by atoms with Gasteiger partial charge in [0.1, 0.15) is 0 Å². The number of aromatic amines is 1. The molecule has 1 aromatic rings. The second kappa shape index (κ2) is 4.61. The molecule has 13 heavy (non-hydrogen) atoms. The van der Waals surface area contributed by atoms with E-state index >= 15 is 0 Å². The minimum absolute atomic E-state index is 0.00743.